The van der Waals surface area contributed by atoms with Crippen molar-refractivity contribution < 1.29 is 0 Å². The normalized spacial score (nSPS) is 28.1. The fourth-order valence-electron chi connectivity index (χ4n) is 4.46. The molecule has 21 heavy (non-hydrogen) atoms. The zero-order valence-corrected chi connectivity index (χ0v) is 13.8. The number of hydrogen-bond donors (Lipinski definition) is 1. The molecular formula is C20H31N. The molecule has 1 nitrogen and oxygen atoms in total. The van der Waals surface area contributed by atoms with Gasteiger partial charge in [0.05, 0.1) is 0 Å². The van der Waals surface area contributed by atoms with Crippen molar-refractivity contribution in [1.29, 1.82) is 0 Å². The summed E-state index contributed by atoms with van der Waals surface area (Å²) in [6.07, 6.45) is 11.3. The van der Waals surface area contributed by atoms with E-state index in [-0.39, 0.29) is 0 Å². The Bertz CT molecular complexity index is 441. The van der Waals surface area contributed by atoms with Gasteiger partial charge in [-0.3, -0.25) is 0 Å². The highest BCUT2D eigenvalue weighted by molar-refractivity contribution is 5.34. The molecule has 1 N–H and O–H groups in total. The predicted octanol–water partition coefficient (Wildman–Crippen LogP) is 5.43. The maximum absolute atomic E-state index is 3.66. The second kappa shape index (κ2) is 6.96. The van der Waals surface area contributed by atoms with E-state index in [2.05, 4.69) is 43.6 Å². The lowest BCUT2D eigenvalue weighted by atomic mass is 9.72. The third-order valence-corrected chi connectivity index (χ3v) is 6.13. The molecule has 0 bridgehead atoms. The van der Waals surface area contributed by atoms with Crippen molar-refractivity contribution in [2.24, 2.45) is 11.8 Å². The highest BCUT2D eigenvalue weighted by Crippen LogP contribution is 2.43. The van der Waals surface area contributed by atoms with E-state index < -0.39 is 0 Å². The maximum Gasteiger partial charge on any atom is 0.0348 e. The summed E-state index contributed by atoms with van der Waals surface area (Å²) in [4.78, 5) is 0. The largest absolute Gasteiger partial charge is 0.313 e. The van der Waals surface area contributed by atoms with Crippen LogP contribution in [0, 0.1) is 11.8 Å². The molecule has 1 aromatic rings. The van der Waals surface area contributed by atoms with Crippen LogP contribution >= 0.6 is 0 Å². The summed E-state index contributed by atoms with van der Waals surface area (Å²) in [6.45, 7) is 2.35. The fourth-order valence-corrected chi connectivity index (χ4v) is 4.46. The van der Waals surface area contributed by atoms with Crippen LogP contribution in [-0.4, -0.2) is 7.05 Å². The van der Waals surface area contributed by atoms with Crippen molar-refractivity contribution in [2.75, 3.05) is 7.05 Å². The van der Waals surface area contributed by atoms with Gasteiger partial charge in [0.25, 0.3) is 0 Å². The van der Waals surface area contributed by atoms with Crippen molar-refractivity contribution in [1.82, 2.24) is 5.32 Å². The van der Waals surface area contributed by atoms with Gasteiger partial charge in [0.1, 0.15) is 0 Å². The molecule has 0 amide bonds. The van der Waals surface area contributed by atoms with Gasteiger partial charge in [-0.2, -0.15) is 0 Å². The number of nitrogens with one attached hydrogen (secondary N) is 1. The minimum absolute atomic E-state index is 0.569. The Kier molecular flexibility index (Phi) is 5.00. The molecule has 2 saturated carbocycles. The molecule has 2 fully saturated rings. The summed E-state index contributed by atoms with van der Waals surface area (Å²) < 4.78 is 0. The Hall–Kier alpha value is -0.820. The molecule has 2 aliphatic carbocycles. The average Bonchev–Trinajstić information content (AvgIpc) is 2.49. The van der Waals surface area contributed by atoms with Gasteiger partial charge >= 0.3 is 0 Å². The van der Waals surface area contributed by atoms with Crippen LogP contribution in [0.4, 0.5) is 0 Å². The van der Waals surface area contributed by atoms with Crippen LogP contribution < -0.4 is 5.32 Å². The quantitative estimate of drug-likeness (QED) is 0.760. The first kappa shape index (κ1) is 15.1. The minimum atomic E-state index is 0.569. The Morgan fingerprint density at radius 3 is 2.33 bits per heavy atom. The topological polar surface area (TPSA) is 12.0 Å². The molecule has 1 aromatic carbocycles. The predicted molar refractivity (Wildman–Crippen MR) is 90.6 cm³/mol. The van der Waals surface area contributed by atoms with Crippen molar-refractivity contribution in [3.8, 4) is 0 Å². The molecule has 2 aliphatic rings. The summed E-state index contributed by atoms with van der Waals surface area (Å²) in [5, 5.41) is 3.66. The molecule has 0 heterocycles. The Morgan fingerprint density at radius 2 is 1.76 bits per heavy atom. The highest BCUT2D eigenvalue weighted by atomic mass is 14.9. The van der Waals surface area contributed by atoms with Crippen molar-refractivity contribution in [2.45, 2.75) is 70.3 Å². The van der Waals surface area contributed by atoms with Gasteiger partial charge < -0.3 is 5.32 Å². The van der Waals surface area contributed by atoms with Crippen LogP contribution in [0.2, 0.25) is 0 Å². The summed E-state index contributed by atoms with van der Waals surface area (Å²) >= 11 is 0. The fraction of sp³-hybridized carbons (Fsp3) is 0.700. The van der Waals surface area contributed by atoms with Crippen LogP contribution in [0.15, 0.2) is 24.3 Å². The second-order valence-corrected chi connectivity index (χ2v) is 7.21. The third-order valence-electron chi connectivity index (χ3n) is 6.13. The highest BCUT2D eigenvalue weighted by Gasteiger charge is 2.30. The van der Waals surface area contributed by atoms with Gasteiger partial charge in [0, 0.05) is 6.04 Å². The van der Waals surface area contributed by atoms with E-state index in [1.807, 2.05) is 0 Å². The first-order valence-corrected chi connectivity index (χ1v) is 9.09. The van der Waals surface area contributed by atoms with Crippen molar-refractivity contribution in [3.63, 3.8) is 0 Å². The van der Waals surface area contributed by atoms with E-state index in [0.29, 0.717) is 6.04 Å². The molecule has 0 saturated heterocycles. The lowest BCUT2D eigenvalue weighted by Gasteiger charge is -2.36. The monoisotopic (exact) mass is 285 g/mol. The minimum Gasteiger partial charge on any atom is -0.313 e. The van der Waals surface area contributed by atoms with Crippen LogP contribution in [0.1, 0.15) is 81.4 Å². The van der Waals surface area contributed by atoms with Crippen LogP contribution in [-0.2, 0) is 0 Å². The average molecular weight is 285 g/mol. The Labute approximate surface area is 130 Å². The smallest absolute Gasteiger partial charge is 0.0348 e. The van der Waals surface area contributed by atoms with Gasteiger partial charge in [-0.15, -0.1) is 0 Å². The standard InChI is InChI=1S/C20H31N/c1-3-15-11-13-17(14-12-15)20(21-2)19-10-5-4-9-18(19)16-7-6-8-16/h4-5,9-10,15-17,20-21H,3,6-8,11-14H2,1-2H3. The number of hydrogen-bond acceptors (Lipinski definition) is 1. The van der Waals surface area contributed by atoms with Crippen LogP contribution in [0.25, 0.3) is 0 Å². The summed E-state index contributed by atoms with van der Waals surface area (Å²) in [6, 6.07) is 9.82. The van der Waals surface area contributed by atoms with Gasteiger partial charge in [0.2, 0.25) is 0 Å². The number of benzene rings is 1. The molecule has 1 atom stereocenters. The molecular weight excluding hydrogens is 254 g/mol. The second-order valence-electron chi connectivity index (χ2n) is 7.21. The van der Waals surface area contributed by atoms with E-state index in [0.717, 1.165) is 17.8 Å². The Morgan fingerprint density at radius 1 is 1.05 bits per heavy atom. The van der Waals surface area contributed by atoms with E-state index in [9.17, 15) is 0 Å². The molecule has 0 spiro atoms. The van der Waals surface area contributed by atoms with Gasteiger partial charge in [0.15, 0.2) is 0 Å². The molecule has 0 radical (unpaired) electrons. The first-order chi connectivity index (χ1) is 10.3. The molecule has 0 aromatic heterocycles. The lowest BCUT2D eigenvalue weighted by molar-refractivity contribution is 0.222. The van der Waals surface area contributed by atoms with Gasteiger partial charge in [-0.25, -0.2) is 0 Å². The first-order valence-electron chi connectivity index (χ1n) is 9.09. The molecule has 116 valence electrons. The van der Waals surface area contributed by atoms with E-state index in [1.54, 1.807) is 11.1 Å². The van der Waals surface area contributed by atoms with Crippen molar-refractivity contribution in [3.05, 3.63) is 35.4 Å². The Balaban J connectivity index is 1.77. The third kappa shape index (κ3) is 3.18. The molecule has 3 rings (SSSR count). The zero-order chi connectivity index (χ0) is 14.7. The summed E-state index contributed by atoms with van der Waals surface area (Å²) in [7, 11) is 2.16. The van der Waals surface area contributed by atoms with Crippen LogP contribution in [0.3, 0.4) is 0 Å². The van der Waals surface area contributed by atoms with E-state index >= 15 is 0 Å². The van der Waals surface area contributed by atoms with E-state index in [4.69, 9.17) is 0 Å². The summed E-state index contributed by atoms with van der Waals surface area (Å²) in [5.41, 5.74) is 3.24. The molecule has 0 aliphatic heterocycles. The SMILES string of the molecule is CCC1CCC(C(NC)c2ccccc2C2CCC2)CC1. The maximum atomic E-state index is 3.66. The lowest BCUT2D eigenvalue weighted by Crippen LogP contribution is -2.30. The molecule has 1 heteroatoms. The number of rotatable bonds is 5. The van der Waals surface area contributed by atoms with Crippen molar-refractivity contribution >= 4 is 0 Å². The van der Waals surface area contributed by atoms with Gasteiger partial charge in [-0.1, -0.05) is 56.9 Å². The molecule has 1 unspecified atom stereocenters. The zero-order valence-electron chi connectivity index (χ0n) is 13.8. The van der Waals surface area contributed by atoms with Crippen LogP contribution in [0.5, 0.6) is 0 Å². The van der Waals surface area contributed by atoms with E-state index in [1.165, 1.54) is 51.4 Å². The summed E-state index contributed by atoms with van der Waals surface area (Å²) in [5.74, 6) is 2.66. The van der Waals surface area contributed by atoms with Gasteiger partial charge in [-0.05, 0) is 61.6 Å².